The van der Waals surface area contributed by atoms with Gasteiger partial charge in [-0.2, -0.15) is 0 Å². The van der Waals surface area contributed by atoms with Crippen LogP contribution < -0.4 is 14.8 Å². The minimum Gasteiger partial charge on any atom is -0.493 e. The second-order valence-corrected chi connectivity index (χ2v) is 8.19. The molecule has 1 spiro atoms. The molecule has 0 atom stereocenters. The van der Waals surface area contributed by atoms with E-state index in [2.05, 4.69) is 10.3 Å². The fourth-order valence-electron chi connectivity index (χ4n) is 3.74. The molecule has 3 heterocycles. The molecule has 2 saturated heterocycles. The van der Waals surface area contributed by atoms with Crippen molar-refractivity contribution in [2.45, 2.75) is 25.0 Å². The van der Waals surface area contributed by atoms with Crippen molar-refractivity contribution in [1.29, 1.82) is 0 Å². The number of rotatable bonds is 6. The quantitative estimate of drug-likeness (QED) is 0.726. The molecule has 1 N–H and O–H groups in total. The van der Waals surface area contributed by atoms with Gasteiger partial charge in [-0.1, -0.05) is 0 Å². The van der Waals surface area contributed by atoms with E-state index in [1.807, 2.05) is 4.90 Å². The molecule has 0 radical (unpaired) electrons. The molecule has 4 rings (SSSR count). The number of thiazole rings is 1. The number of hydrogen-bond acceptors (Lipinski definition) is 8. The SMILES string of the molecule is COc1ccc(C(=O)Nc2nc(CC(=O)N3CCC4(CC3)OCCO4)cs2)cc1OC. The standard InChI is InChI=1S/C21H25N3O6S/c1-27-16-4-3-14(11-17(16)28-2)19(26)23-20-22-15(13-31-20)12-18(25)24-7-5-21(6-8-24)29-9-10-30-21/h3-4,11,13H,5-10,12H2,1-2H3,(H,22,23,26). The molecule has 31 heavy (non-hydrogen) atoms. The number of carbonyl (C=O) groups is 2. The monoisotopic (exact) mass is 447 g/mol. The first-order valence-electron chi connectivity index (χ1n) is 10.1. The Morgan fingerprint density at radius 3 is 2.55 bits per heavy atom. The van der Waals surface area contributed by atoms with Gasteiger partial charge in [-0.15, -0.1) is 11.3 Å². The number of nitrogens with one attached hydrogen (secondary N) is 1. The van der Waals surface area contributed by atoms with Crippen LogP contribution in [0.1, 0.15) is 28.9 Å². The van der Waals surface area contributed by atoms with Crippen LogP contribution in [-0.4, -0.2) is 68.0 Å². The van der Waals surface area contributed by atoms with Crippen LogP contribution >= 0.6 is 11.3 Å². The maximum absolute atomic E-state index is 12.7. The second-order valence-electron chi connectivity index (χ2n) is 7.33. The lowest BCUT2D eigenvalue weighted by molar-refractivity contribution is -0.187. The van der Waals surface area contributed by atoms with Crippen LogP contribution in [0.5, 0.6) is 11.5 Å². The summed E-state index contributed by atoms with van der Waals surface area (Å²) in [7, 11) is 3.05. The molecule has 0 aliphatic carbocycles. The largest absolute Gasteiger partial charge is 0.493 e. The zero-order valence-electron chi connectivity index (χ0n) is 17.5. The van der Waals surface area contributed by atoms with Crippen molar-refractivity contribution in [1.82, 2.24) is 9.88 Å². The minimum absolute atomic E-state index is 0.0101. The van der Waals surface area contributed by atoms with E-state index < -0.39 is 5.79 Å². The Bertz CT molecular complexity index is 946. The molecular weight excluding hydrogens is 422 g/mol. The number of aromatic nitrogens is 1. The lowest BCUT2D eigenvalue weighted by Gasteiger charge is -2.37. The van der Waals surface area contributed by atoms with E-state index in [1.165, 1.54) is 25.6 Å². The molecule has 1 aromatic carbocycles. The van der Waals surface area contributed by atoms with Crippen molar-refractivity contribution in [3.8, 4) is 11.5 Å². The minimum atomic E-state index is -0.501. The third kappa shape index (κ3) is 4.81. The Balaban J connectivity index is 1.32. The van der Waals surface area contributed by atoms with Crippen LogP contribution in [0.3, 0.4) is 0 Å². The predicted molar refractivity (Wildman–Crippen MR) is 114 cm³/mol. The van der Waals surface area contributed by atoms with Gasteiger partial charge in [0.2, 0.25) is 5.91 Å². The van der Waals surface area contributed by atoms with Crippen molar-refractivity contribution in [3.63, 3.8) is 0 Å². The van der Waals surface area contributed by atoms with Gasteiger partial charge in [-0.05, 0) is 18.2 Å². The third-order valence-electron chi connectivity index (χ3n) is 5.44. The van der Waals surface area contributed by atoms with E-state index in [1.54, 1.807) is 23.6 Å². The maximum atomic E-state index is 12.7. The predicted octanol–water partition coefficient (Wildman–Crippen LogP) is 2.32. The number of methoxy groups -OCH3 is 2. The summed E-state index contributed by atoms with van der Waals surface area (Å²) in [4.78, 5) is 31.4. The third-order valence-corrected chi connectivity index (χ3v) is 6.25. The number of piperidine rings is 1. The summed E-state index contributed by atoms with van der Waals surface area (Å²) in [6, 6.07) is 4.92. The van der Waals surface area contributed by atoms with E-state index >= 15 is 0 Å². The number of likely N-dealkylation sites (tertiary alicyclic amines) is 1. The maximum Gasteiger partial charge on any atom is 0.257 e. The molecular formula is C21H25N3O6S. The highest BCUT2D eigenvalue weighted by molar-refractivity contribution is 7.14. The van der Waals surface area contributed by atoms with Crippen LogP contribution in [0.25, 0.3) is 0 Å². The summed E-state index contributed by atoms with van der Waals surface area (Å²) in [5.41, 5.74) is 1.05. The Morgan fingerprint density at radius 2 is 1.87 bits per heavy atom. The number of anilines is 1. The van der Waals surface area contributed by atoms with Crippen molar-refractivity contribution in [3.05, 3.63) is 34.8 Å². The normalized spacial score (nSPS) is 17.5. The lowest BCUT2D eigenvalue weighted by Crippen LogP contribution is -2.47. The fourth-order valence-corrected chi connectivity index (χ4v) is 4.45. The summed E-state index contributed by atoms with van der Waals surface area (Å²) in [6.07, 6.45) is 1.56. The van der Waals surface area contributed by atoms with Gasteiger partial charge in [-0.3, -0.25) is 14.9 Å². The van der Waals surface area contributed by atoms with Gasteiger partial charge in [0.1, 0.15) is 0 Å². The van der Waals surface area contributed by atoms with Gasteiger partial charge in [0.05, 0.1) is 39.5 Å². The number of benzene rings is 1. The van der Waals surface area contributed by atoms with Crippen LogP contribution in [0.15, 0.2) is 23.6 Å². The molecule has 1 aromatic heterocycles. The van der Waals surface area contributed by atoms with Gasteiger partial charge < -0.3 is 23.8 Å². The number of ether oxygens (including phenoxy) is 4. The molecule has 0 saturated carbocycles. The molecule has 2 aliphatic rings. The van der Waals surface area contributed by atoms with Crippen LogP contribution in [0.2, 0.25) is 0 Å². The van der Waals surface area contributed by atoms with Crippen molar-refractivity contribution in [2.24, 2.45) is 0 Å². The summed E-state index contributed by atoms with van der Waals surface area (Å²) < 4.78 is 21.8. The molecule has 10 heteroatoms. The zero-order chi connectivity index (χ0) is 21.8. The van der Waals surface area contributed by atoms with E-state index in [0.29, 0.717) is 67.0 Å². The average Bonchev–Trinajstić information content (AvgIpc) is 3.43. The zero-order valence-corrected chi connectivity index (χ0v) is 18.3. The number of hydrogen-bond donors (Lipinski definition) is 1. The Labute approximate surface area is 184 Å². The average molecular weight is 448 g/mol. The molecule has 2 amide bonds. The highest BCUT2D eigenvalue weighted by atomic mass is 32.1. The van der Waals surface area contributed by atoms with Gasteiger partial charge in [0.25, 0.3) is 5.91 Å². The Hall–Kier alpha value is -2.69. The van der Waals surface area contributed by atoms with E-state index in [0.717, 1.165) is 0 Å². The van der Waals surface area contributed by atoms with Gasteiger partial charge in [0.15, 0.2) is 22.4 Å². The van der Waals surface area contributed by atoms with E-state index in [4.69, 9.17) is 18.9 Å². The molecule has 0 bridgehead atoms. The van der Waals surface area contributed by atoms with Crippen molar-refractivity contribution >= 4 is 28.3 Å². The Morgan fingerprint density at radius 1 is 1.16 bits per heavy atom. The second kappa shape index (κ2) is 9.21. The first kappa shape index (κ1) is 21.5. The van der Waals surface area contributed by atoms with E-state index in [-0.39, 0.29) is 18.2 Å². The molecule has 2 aromatic rings. The molecule has 9 nitrogen and oxygen atoms in total. The van der Waals surface area contributed by atoms with Crippen LogP contribution in [0.4, 0.5) is 5.13 Å². The van der Waals surface area contributed by atoms with Crippen LogP contribution in [0, 0.1) is 0 Å². The first-order valence-corrected chi connectivity index (χ1v) is 10.9. The summed E-state index contributed by atoms with van der Waals surface area (Å²) in [5, 5.41) is 4.99. The van der Waals surface area contributed by atoms with Crippen molar-refractivity contribution in [2.75, 3.05) is 45.8 Å². The van der Waals surface area contributed by atoms with Gasteiger partial charge in [-0.25, -0.2) is 4.98 Å². The highest BCUT2D eigenvalue weighted by Gasteiger charge is 2.40. The molecule has 2 fully saturated rings. The molecule has 0 unspecified atom stereocenters. The first-order chi connectivity index (χ1) is 15.0. The number of nitrogens with zero attached hydrogens (tertiary/aromatic N) is 2. The Kier molecular flexibility index (Phi) is 6.40. The molecule has 166 valence electrons. The highest BCUT2D eigenvalue weighted by Crippen LogP contribution is 2.31. The fraction of sp³-hybridized carbons (Fsp3) is 0.476. The lowest BCUT2D eigenvalue weighted by atomic mass is 10.0. The topological polar surface area (TPSA) is 99.2 Å². The van der Waals surface area contributed by atoms with Crippen molar-refractivity contribution < 1.29 is 28.5 Å². The van der Waals surface area contributed by atoms with E-state index in [9.17, 15) is 9.59 Å². The summed E-state index contributed by atoms with van der Waals surface area (Å²) in [6.45, 7) is 2.44. The smallest absolute Gasteiger partial charge is 0.257 e. The number of amides is 2. The molecule has 2 aliphatic heterocycles. The van der Waals surface area contributed by atoms with Gasteiger partial charge in [0, 0.05) is 36.9 Å². The summed E-state index contributed by atoms with van der Waals surface area (Å²) >= 11 is 1.28. The van der Waals surface area contributed by atoms with Crippen LogP contribution in [-0.2, 0) is 20.7 Å². The number of carbonyl (C=O) groups excluding carboxylic acids is 2. The summed E-state index contributed by atoms with van der Waals surface area (Å²) in [5.74, 6) is 0.210. The van der Waals surface area contributed by atoms with Gasteiger partial charge >= 0.3 is 0 Å².